The molecule has 4 aromatic rings. The Morgan fingerprint density at radius 3 is 2.11 bits per heavy atom. The van der Waals surface area contributed by atoms with Crippen molar-refractivity contribution in [3.05, 3.63) is 102 Å². The second-order valence-corrected chi connectivity index (χ2v) is 9.57. The quantitative estimate of drug-likeness (QED) is 0.359. The van der Waals surface area contributed by atoms with E-state index in [1.54, 1.807) is 38.4 Å². The normalized spacial score (nSPS) is 13.3. The first kappa shape index (κ1) is 24.8. The predicted molar refractivity (Wildman–Crippen MR) is 143 cm³/mol. The highest BCUT2D eigenvalue weighted by atomic mass is 16.4. The summed E-state index contributed by atoms with van der Waals surface area (Å²) in [4.78, 5) is 47.0. The van der Waals surface area contributed by atoms with Gasteiger partial charge in [0.1, 0.15) is 12.4 Å². The van der Waals surface area contributed by atoms with Crippen molar-refractivity contribution < 1.29 is 19.5 Å². The molecular formula is C30H26N4O4. The van der Waals surface area contributed by atoms with Gasteiger partial charge in [-0.05, 0) is 58.5 Å². The van der Waals surface area contributed by atoms with Gasteiger partial charge in [-0.1, -0.05) is 50.2 Å². The molecule has 8 nitrogen and oxygen atoms in total. The third-order valence-corrected chi connectivity index (χ3v) is 6.68. The molecule has 2 amide bonds. The highest BCUT2D eigenvalue weighted by Crippen LogP contribution is 2.31. The van der Waals surface area contributed by atoms with Gasteiger partial charge in [-0.25, -0.2) is 14.8 Å². The van der Waals surface area contributed by atoms with Crippen LogP contribution in [-0.2, 0) is 11.3 Å². The summed E-state index contributed by atoms with van der Waals surface area (Å²) in [7, 11) is 0. The number of benzene rings is 3. The number of anilines is 1. The highest BCUT2D eigenvalue weighted by Gasteiger charge is 2.38. The molecule has 0 radical (unpaired) electrons. The number of carbonyl (C=O) groups is 3. The summed E-state index contributed by atoms with van der Waals surface area (Å²) in [5.41, 5.74) is 6.03. The Labute approximate surface area is 220 Å². The number of aromatic nitrogens is 2. The molecule has 3 aromatic carbocycles. The van der Waals surface area contributed by atoms with Crippen LogP contribution < -0.4 is 5.32 Å². The topological polar surface area (TPSA) is 112 Å². The number of carboxylic acid groups (broad SMARTS) is 1. The number of hydrogen-bond acceptors (Lipinski definition) is 5. The summed E-state index contributed by atoms with van der Waals surface area (Å²) in [6, 6.07) is 19.3. The SMILES string of the molecule is CC(C)C(C(=O)O)N1Cc2ccc(-c3ccc(NC(=O)c4ccc(-c5cncnc5)cc4)cc3)cc2C1=O. The molecule has 190 valence electrons. The minimum atomic E-state index is -0.999. The summed E-state index contributed by atoms with van der Waals surface area (Å²) >= 11 is 0. The molecule has 38 heavy (non-hydrogen) atoms. The number of hydrogen-bond donors (Lipinski definition) is 2. The molecule has 0 aliphatic carbocycles. The smallest absolute Gasteiger partial charge is 0.326 e. The maximum atomic E-state index is 13.1. The Balaban J connectivity index is 1.28. The van der Waals surface area contributed by atoms with Crippen LogP contribution in [-0.4, -0.2) is 43.8 Å². The molecule has 0 bridgehead atoms. The van der Waals surface area contributed by atoms with E-state index in [-0.39, 0.29) is 24.3 Å². The van der Waals surface area contributed by atoms with Crippen molar-refractivity contribution in [2.75, 3.05) is 5.32 Å². The van der Waals surface area contributed by atoms with Gasteiger partial charge < -0.3 is 15.3 Å². The van der Waals surface area contributed by atoms with E-state index in [2.05, 4.69) is 15.3 Å². The van der Waals surface area contributed by atoms with E-state index in [1.165, 1.54) is 11.2 Å². The number of nitrogens with zero attached hydrogens (tertiary/aromatic N) is 3. The van der Waals surface area contributed by atoms with Crippen molar-refractivity contribution in [1.29, 1.82) is 0 Å². The van der Waals surface area contributed by atoms with Crippen molar-refractivity contribution in [2.45, 2.75) is 26.4 Å². The van der Waals surface area contributed by atoms with Crippen LogP contribution in [0.5, 0.6) is 0 Å². The van der Waals surface area contributed by atoms with E-state index in [9.17, 15) is 19.5 Å². The molecule has 1 aromatic heterocycles. The molecule has 2 heterocycles. The lowest BCUT2D eigenvalue weighted by Gasteiger charge is -2.27. The van der Waals surface area contributed by atoms with Gasteiger partial charge in [0.05, 0.1) is 0 Å². The van der Waals surface area contributed by atoms with E-state index in [0.717, 1.165) is 27.8 Å². The Morgan fingerprint density at radius 1 is 0.868 bits per heavy atom. The minimum absolute atomic E-state index is 0.204. The molecule has 0 saturated carbocycles. The molecule has 8 heteroatoms. The van der Waals surface area contributed by atoms with Crippen LogP contribution in [0.25, 0.3) is 22.3 Å². The number of nitrogens with one attached hydrogen (secondary N) is 1. The van der Waals surface area contributed by atoms with Crippen LogP contribution in [0.15, 0.2) is 85.5 Å². The third-order valence-electron chi connectivity index (χ3n) is 6.68. The molecule has 1 aliphatic rings. The van der Waals surface area contributed by atoms with Gasteiger partial charge in [0.25, 0.3) is 11.8 Å². The monoisotopic (exact) mass is 506 g/mol. The molecule has 0 fully saturated rings. The maximum Gasteiger partial charge on any atom is 0.326 e. The van der Waals surface area contributed by atoms with Crippen molar-refractivity contribution in [3.63, 3.8) is 0 Å². The number of carboxylic acids is 1. The van der Waals surface area contributed by atoms with E-state index in [0.29, 0.717) is 16.8 Å². The first-order valence-electron chi connectivity index (χ1n) is 12.3. The Bertz CT molecular complexity index is 1500. The molecule has 0 saturated heterocycles. The largest absolute Gasteiger partial charge is 0.480 e. The molecule has 1 atom stereocenters. The third kappa shape index (κ3) is 4.88. The zero-order valence-corrected chi connectivity index (χ0v) is 21.0. The van der Waals surface area contributed by atoms with Gasteiger partial charge in [-0.2, -0.15) is 0 Å². The molecule has 2 N–H and O–H groups in total. The standard InChI is InChI=1S/C30H26N4O4/c1-18(2)27(30(37)38)34-16-23-8-7-22(13-26(23)29(34)36)19-9-11-25(12-10-19)33-28(35)21-5-3-20(4-6-21)24-14-31-17-32-15-24/h3-15,17-18,27H,16H2,1-2H3,(H,33,35)(H,37,38). The predicted octanol–water partition coefficient (Wildman–Crippen LogP) is 5.13. The van der Waals surface area contributed by atoms with Crippen LogP contribution >= 0.6 is 0 Å². The fourth-order valence-electron chi connectivity index (χ4n) is 4.72. The van der Waals surface area contributed by atoms with E-state index >= 15 is 0 Å². The zero-order chi connectivity index (χ0) is 26.8. The molecule has 5 rings (SSSR count). The minimum Gasteiger partial charge on any atom is -0.480 e. The second-order valence-electron chi connectivity index (χ2n) is 9.57. The summed E-state index contributed by atoms with van der Waals surface area (Å²) in [6.07, 6.45) is 4.90. The molecule has 1 aliphatic heterocycles. The summed E-state index contributed by atoms with van der Waals surface area (Å²) in [5.74, 6) is -1.70. The fourth-order valence-corrected chi connectivity index (χ4v) is 4.72. The van der Waals surface area contributed by atoms with Crippen LogP contribution in [0.1, 0.15) is 40.1 Å². The van der Waals surface area contributed by atoms with Crippen LogP contribution in [0, 0.1) is 5.92 Å². The zero-order valence-electron chi connectivity index (χ0n) is 21.0. The van der Waals surface area contributed by atoms with Crippen LogP contribution in [0.2, 0.25) is 0 Å². The van der Waals surface area contributed by atoms with Crippen molar-refractivity contribution >= 4 is 23.5 Å². The lowest BCUT2D eigenvalue weighted by atomic mass is 10.00. The van der Waals surface area contributed by atoms with Gasteiger partial charge in [0, 0.05) is 41.3 Å². The molecular weight excluding hydrogens is 480 g/mol. The summed E-state index contributed by atoms with van der Waals surface area (Å²) < 4.78 is 0. The van der Waals surface area contributed by atoms with Gasteiger partial charge in [0.15, 0.2) is 0 Å². The molecule has 1 unspecified atom stereocenters. The number of fused-ring (bicyclic) bond motifs is 1. The van der Waals surface area contributed by atoms with Crippen molar-refractivity contribution in [3.8, 4) is 22.3 Å². The highest BCUT2D eigenvalue weighted by molar-refractivity contribution is 6.05. The van der Waals surface area contributed by atoms with Gasteiger partial charge in [0.2, 0.25) is 0 Å². The molecule has 0 spiro atoms. The number of amides is 2. The summed E-state index contributed by atoms with van der Waals surface area (Å²) in [5, 5.41) is 12.5. The Morgan fingerprint density at radius 2 is 1.47 bits per heavy atom. The maximum absolute atomic E-state index is 13.1. The van der Waals surface area contributed by atoms with Crippen molar-refractivity contribution in [1.82, 2.24) is 14.9 Å². The van der Waals surface area contributed by atoms with Crippen molar-refractivity contribution in [2.24, 2.45) is 5.92 Å². The van der Waals surface area contributed by atoms with Gasteiger partial charge in [-0.15, -0.1) is 0 Å². The Hall–Kier alpha value is -4.85. The van der Waals surface area contributed by atoms with E-state index in [4.69, 9.17) is 0 Å². The Kier molecular flexibility index (Phi) is 6.70. The first-order valence-corrected chi connectivity index (χ1v) is 12.3. The lowest BCUT2D eigenvalue weighted by molar-refractivity contribution is -0.144. The average molecular weight is 507 g/mol. The van der Waals surface area contributed by atoms with Crippen LogP contribution in [0.3, 0.4) is 0 Å². The van der Waals surface area contributed by atoms with Gasteiger partial charge in [-0.3, -0.25) is 9.59 Å². The van der Waals surface area contributed by atoms with E-state index < -0.39 is 12.0 Å². The number of rotatable bonds is 7. The first-order chi connectivity index (χ1) is 18.3. The van der Waals surface area contributed by atoms with Crippen LogP contribution in [0.4, 0.5) is 5.69 Å². The second kappa shape index (κ2) is 10.3. The van der Waals surface area contributed by atoms with Gasteiger partial charge >= 0.3 is 5.97 Å². The number of carbonyl (C=O) groups excluding carboxylic acids is 2. The average Bonchev–Trinajstić information content (AvgIpc) is 3.24. The lowest BCUT2D eigenvalue weighted by Crippen LogP contribution is -2.44. The van der Waals surface area contributed by atoms with E-state index in [1.807, 2.05) is 54.6 Å². The number of aliphatic carboxylic acids is 1. The summed E-state index contributed by atoms with van der Waals surface area (Å²) in [6.45, 7) is 3.89. The fraction of sp³-hybridized carbons (Fsp3) is 0.167.